The van der Waals surface area contributed by atoms with Crippen molar-refractivity contribution in [3.8, 4) is 0 Å². The van der Waals surface area contributed by atoms with Gasteiger partial charge in [0.15, 0.2) is 0 Å². The van der Waals surface area contributed by atoms with Crippen LogP contribution in [0.3, 0.4) is 0 Å². The normalized spacial score (nSPS) is 14.3. The number of halogens is 1. The van der Waals surface area contributed by atoms with E-state index in [0.29, 0.717) is 0 Å². The zero-order chi connectivity index (χ0) is 13.7. The van der Waals surface area contributed by atoms with Crippen LogP contribution in [0.25, 0.3) is 0 Å². The molecule has 0 aliphatic rings. The third kappa shape index (κ3) is 3.89. The Hall–Kier alpha value is -0.680. The largest absolute Gasteiger partial charge is 0.375 e. The number of thiophene rings is 1. The summed E-state index contributed by atoms with van der Waals surface area (Å²) in [6.07, 6.45) is 1.02. The number of ether oxygens (including phenoxy) is 1. The van der Waals surface area contributed by atoms with Crippen molar-refractivity contribution >= 4 is 27.3 Å². The molecule has 102 valence electrons. The average molecular weight is 340 g/mol. The molecule has 2 atom stereocenters. The smallest absolute Gasteiger partial charge is 0.0977 e. The first kappa shape index (κ1) is 14.7. The predicted octanol–water partition coefficient (Wildman–Crippen LogP) is 4.03. The highest BCUT2D eigenvalue weighted by atomic mass is 79.9. The van der Waals surface area contributed by atoms with E-state index < -0.39 is 0 Å². The van der Waals surface area contributed by atoms with E-state index in [1.807, 2.05) is 13.1 Å². The van der Waals surface area contributed by atoms with Crippen LogP contribution in [0.15, 0.2) is 46.3 Å². The lowest BCUT2D eigenvalue weighted by molar-refractivity contribution is 0.0706. The molecule has 0 radical (unpaired) electrons. The Morgan fingerprint density at radius 1 is 1.21 bits per heavy atom. The molecular formula is C15H18BrNOS. The molecule has 2 rings (SSSR count). The third-order valence-electron chi connectivity index (χ3n) is 3.17. The number of methoxy groups -OCH3 is 1. The number of likely N-dealkylation sites (N-methyl/N-ethyl adjacent to an activating group) is 1. The van der Waals surface area contributed by atoms with Crippen LogP contribution >= 0.6 is 27.3 Å². The van der Waals surface area contributed by atoms with E-state index in [2.05, 4.69) is 57.6 Å². The van der Waals surface area contributed by atoms with Gasteiger partial charge in [0.1, 0.15) is 0 Å². The minimum atomic E-state index is 0.0621. The van der Waals surface area contributed by atoms with Crippen LogP contribution in [0.4, 0.5) is 0 Å². The second-order valence-electron chi connectivity index (χ2n) is 4.37. The van der Waals surface area contributed by atoms with E-state index in [0.717, 1.165) is 6.42 Å². The van der Waals surface area contributed by atoms with Crippen LogP contribution < -0.4 is 5.32 Å². The number of rotatable bonds is 6. The highest BCUT2D eigenvalue weighted by Crippen LogP contribution is 2.27. The number of nitrogens with one attached hydrogen (secondary N) is 1. The van der Waals surface area contributed by atoms with Gasteiger partial charge in [0, 0.05) is 18.0 Å². The molecule has 1 heterocycles. The van der Waals surface area contributed by atoms with Crippen molar-refractivity contribution in [1.29, 1.82) is 0 Å². The topological polar surface area (TPSA) is 21.3 Å². The zero-order valence-corrected chi connectivity index (χ0v) is 13.5. The predicted molar refractivity (Wildman–Crippen MR) is 84.8 cm³/mol. The lowest BCUT2D eigenvalue weighted by atomic mass is 9.99. The SMILES string of the molecule is CNC(Cc1ccc(Br)s1)C(OC)c1ccccc1. The summed E-state index contributed by atoms with van der Waals surface area (Å²) in [7, 11) is 3.76. The fourth-order valence-electron chi connectivity index (χ4n) is 2.21. The van der Waals surface area contributed by atoms with Gasteiger partial charge in [0.2, 0.25) is 0 Å². The molecule has 1 aromatic carbocycles. The number of hydrogen-bond acceptors (Lipinski definition) is 3. The van der Waals surface area contributed by atoms with Gasteiger partial charge in [0.25, 0.3) is 0 Å². The van der Waals surface area contributed by atoms with Gasteiger partial charge in [-0.3, -0.25) is 0 Å². The molecule has 0 fully saturated rings. The van der Waals surface area contributed by atoms with Crippen molar-refractivity contribution in [2.45, 2.75) is 18.6 Å². The zero-order valence-electron chi connectivity index (χ0n) is 11.1. The molecular weight excluding hydrogens is 322 g/mol. The quantitative estimate of drug-likeness (QED) is 0.857. The lowest BCUT2D eigenvalue weighted by Crippen LogP contribution is -2.35. The Morgan fingerprint density at radius 3 is 2.47 bits per heavy atom. The molecule has 0 saturated heterocycles. The number of hydrogen-bond donors (Lipinski definition) is 1. The van der Waals surface area contributed by atoms with Crippen LogP contribution in [0.5, 0.6) is 0 Å². The molecule has 0 saturated carbocycles. The van der Waals surface area contributed by atoms with Gasteiger partial charge in [-0.15, -0.1) is 11.3 Å². The molecule has 0 aliphatic heterocycles. The van der Waals surface area contributed by atoms with Crippen molar-refractivity contribution < 1.29 is 4.74 Å². The lowest BCUT2D eigenvalue weighted by Gasteiger charge is -2.25. The summed E-state index contributed by atoms with van der Waals surface area (Å²) >= 11 is 5.29. The van der Waals surface area contributed by atoms with E-state index >= 15 is 0 Å². The fraction of sp³-hybridized carbons (Fsp3) is 0.333. The van der Waals surface area contributed by atoms with Gasteiger partial charge in [-0.2, -0.15) is 0 Å². The first-order chi connectivity index (χ1) is 9.24. The second-order valence-corrected chi connectivity index (χ2v) is 6.92. The molecule has 4 heteroatoms. The van der Waals surface area contributed by atoms with Crippen LogP contribution in [-0.4, -0.2) is 20.2 Å². The average Bonchev–Trinajstić information content (AvgIpc) is 2.85. The summed E-state index contributed by atoms with van der Waals surface area (Å²) in [6, 6.07) is 14.9. The van der Waals surface area contributed by atoms with Crippen molar-refractivity contribution in [3.63, 3.8) is 0 Å². The standard InChI is InChI=1S/C15H18BrNOS/c1-17-13(10-12-8-9-14(16)19-12)15(18-2)11-6-4-3-5-7-11/h3-9,13,15,17H,10H2,1-2H3. The van der Waals surface area contributed by atoms with E-state index in [4.69, 9.17) is 4.74 Å². The second kappa shape index (κ2) is 7.20. The molecule has 2 unspecified atom stereocenters. The van der Waals surface area contributed by atoms with E-state index in [-0.39, 0.29) is 12.1 Å². The summed E-state index contributed by atoms with van der Waals surface area (Å²) in [5, 5.41) is 3.38. The van der Waals surface area contributed by atoms with Crippen molar-refractivity contribution in [2.24, 2.45) is 0 Å². The molecule has 19 heavy (non-hydrogen) atoms. The minimum absolute atomic E-state index is 0.0621. The van der Waals surface area contributed by atoms with Gasteiger partial charge in [-0.25, -0.2) is 0 Å². The van der Waals surface area contributed by atoms with Crippen LogP contribution in [0.2, 0.25) is 0 Å². The summed E-state index contributed by atoms with van der Waals surface area (Å²) in [4.78, 5) is 1.35. The van der Waals surface area contributed by atoms with Gasteiger partial charge in [0.05, 0.1) is 9.89 Å². The van der Waals surface area contributed by atoms with Crippen LogP contribution in [-0.2, 0) is 11.2 Å². The Morgan fingerprint density at radius 2 is 1.95 bits per heavy atom. The fourth-order valence-corrected chi connectivity index (χ4v) is 3.76. The summed E-state index contributed by atoms with van der Waals surface area (Å²) in [5.41, 5.74) is 1.21. The Balaban J connectivity index is 2.15. The highest BCUT2D eigenvalue weighted by Gasteiger charge is 2.22. The maximum atomic E-state index is 5.70. The first-order valence-electron chi connectivity index (χ1n) is 6.24. The van der Waals surface area contributed by atoms with Gasteiger partial charge in [-0.05, 0) is 47.1 Å². The van der Waals surface area contributed by atoms with Crippen molar-refractivity contribution in [2.75, 3.05) is 14.2 Å². The molecule has 2 aromatic rings. The molecule has 0 spiro atoms. The number of benzene rings is 1. The monoisotopic (exact) mass is 339 g/mol. The Kier molecular flexibility index (Phi) is 5.58. The highest BCUT2D eigenvalue weighted by molar-refractivity contribution is 9.11. The van der Waals surface area contributed by atoms with Gasteiger partial charge < -0.3 is 10.1 Å². The Bertz CT molecular complexity index is 500. The first-order valence-corrected chi connectivity index (χ1v) is 7.84. The molecule has 1 aromatic heterocycles. The van der Waals surface area contributed by atoms with Crippen molar-refractivity contribution in [1.82, 2.24) is 5.32 Å². The Labute approximate surface area is 126 Å². The maximum absolute atomic E-state index is 5.70. The van der Waals surface area contributed by atoms with E-state index in [1.54, 1.807) is 18.4 Å². The molecule has 0 aliphatic carbocycles. The summed E-state index contributed by atoms with van der Waals surface area (Å²) < 4.78 is 6.87. The van der Waals surface area contributed by atoms with Gasteiger partial charge in [-0.1, -0.05) is 30.3 Å². The van der Waals surface area contributed by atoms with Crippen LogP contribution in [0.1, 0.15) is 16.5 Å². The molecule has 1 N–H and O–H groups in total. The summed E-state index contributed by atoms with van der Waals surface area (Å²) in [6.45, 7) is 0. The van der Waals surface area contributed by atoms with Crippen LogP contribution in [0, 0.1) is 0 Å². The van der Waals surface area contributed by atoms with Gasteiger partial charge >= 0.3 is 0 Å². The molecule has 2 nitrogen and oxygen atoms in total. The maximum Gasteiger partial charge on any atom is 0.0977 e. The minimum Gasteiger partial charge on any atom is -0.375 e. The molecule has 0 amide bonds. The summed E-state index contributed by atoms with van der Waals surface area (Å²) in [5.74, 6) is 0. The van der Waals surface area contributed by atoms with Crippen molar-refractivity contribution in [3.05, 3.63) is 56.7 Å². The third-order valence-corrected chi connectivity index (χ3v) is 4.81. The molecule has 0 bridgehead atoms. The van der Waals surface area contributed by atoms with E-state index in [9.17, 15) is 0 Å². The van der Waals surface area contributed by atoms with E-state index in [1.165, 1.54) is 14.2 Å².